The Morgan fingerprint density at radius 1 is 1.17 bits per heavy atom. The zero-order chi connectivity index (χ0) is 17.5. The first-order valence-corrected chi connectivity index (χ1v) is 8.26. The van der Waals surface area contributed by atoms with E-state index in [0.717, 1.165) is 5.56 Å². The van der Waals surface area contributed by atoms with E-state index < -0.39 is 6.04 Å². The van der Waals surface area contributed by atoms with Crippen molar-refractivity contribution >= 4 is 23.2 Å². The summed E-state index contributed by atoms with van der Waals surface area (Å²) in [4.78, 5) is 24.6. The van der Waals surface area contributed by atoms with E-state index in [1.54, 1.807) is 45.4 Å². The highest BCUT2D eigenvalue weighted by Crippen LogP contribution is 2.27. The van der Waals surface area contributed by atoms with Crippen LogP contribution in [0.2, 0.25) is 0 Å². The zero-order valence-electron chi connectivity index (χ0n) is 13.8. The molecule has 0 aliphatic rings. The number of hydrogen-bond acceptors (Lipinski definition) is 5. The molecule has 1 atom stereocenters. The van der Waals surface area contributed by atoms with Crippen LogP contribution in [-0.2, 0) is 11.3 Å². The minimum Gasteiger partial charge on any atom is -0.493 e. The van der Waals surface area contributed by atoms with Crippen molar-refractivity contribution in [2.45, 2.75) is 19.5 Å². The van der Waals surface area contributed by atoms with Crippen LogP contribution in [0.3, 0.4) is 0 Å². The lowest BCUT2D eigenvalue weighted by Gasteiger charge is -2.14. The molecule has 0 spiro atoms. The monoisotopic (exact) mass is 348 g/mol. The van der Waals surface area contributed by atoms with Gasteiger partial charge >= 0.3 is 0 Å². The molecular formula is C17H20N2O4S. The molecule has 0 radical (unpaired) electrons. The van der Waals surface area contributed by atoms with Crippen molar-refractivity contribution in [2.75, 3.05) is 14.2 Å². The lowest BCUT2D eigenvalue weighted by molar-refractivity contribution is -0.122. The molecule has 7 heteroatoms. The third-order valence-electron chi connectivity index (χ3n) is 3.40. The molecule has 0 bridgehead atoms. The molecule has 2 aromatic rings. The molecule has 0 fully saturated rings. The highest BCUT2D eigenvalue weighted by molar-refractivity contribution is 7.12. The number of benzene rings is 1. The smallest absolute Gasteiger partial charge is 0.261 e. The summed E-state index contributed by atoms with van der Waals surface area (Å²) in [6.45, 7) is 1.98. The fourth-order valence-corrected chi connectivity index (χ4v) is 2.70. The van der Waals surface area contributed by atoms with Crippen LogP contribution >= 0.6 is 11.3 Å². The second kappa shape index (κ2) is 8.35. The van der Waals surface area contributed by atoms with E-state index in [-0.39, 0.29) is 11.8 Å². The normalized spacial score (nSPS) is 11.5. The maximum Gasteiger partial charge on any atom is 0.261 e. The summed E-state index contributed by atoms with van der Waals surface area (Å²) in [5, 5.41) is 7.28. The van der Waals surface area contributed by atoms with Gasteiger partial charge in [-0.3, -0.25) is 9.59 Å². The minimum atomic E-state index is -0.625. The molecule has 1 heterocycles. The summed E-state index contributed by atoms with van der Waals surface area (Å²) in [5.74, 6) is 0.723. The molecular weight excluding hydrogens is 328 g/mol. The maximum absolute atomic E-state index is 12.1. The van der Waals surface area contributed by atoms with Crippen molar-refractivity contribution in [3.63, 3.8) is 0 Å². The lowest BCUT2D eigenvalue weighted by atomic mass is 10.2. The van der Waals surface area contributed by atoms with Gasteiger partial charge in [0.05, 0.1) is 19.1 Å². The van der Waals surface area contributed by atoms with Crippen LogP contribution in [-0.4, -0.2) is 32.1 Å². The van der Waals surface area contributed by atoms with Gasteiger partial charge in [0, 0.05) is 6.54 Å². The summed E-state index contributed by atoms with van der Waals surface area (Å²) < 4.78 is 10.4. The van der Waals surface area contributed by atoms with Gasteiger partial charge < -0.3 is 20.1 Å². The van der Waals surface area contributed by atoms with Crippen LogP contribution in [0, 0.1) is 0 Å². The van der Waals surface area contributed by atoms with Gasteiger partial charge in [0.1, 0.15) is 6.04 Å². The van der Waals surface area contributed by atoms with E-state index in [2.05, 4.69) is 10.6 Å². The SMILES string of the molecule is COc1ccc(CNC(=O)C(C)NC(=O)c2cccs2)cc1OC. The Labute approximate surface area is 144 Å². The number of carbonyl (C=O) groups excluding carboxylic acids is 2. The standard InChI is InChI=1S/C17H20N2O4S/c1-11(19-17(21)15-5-4-8-24-15)16(20)18-10-12-6-7-13(22-2)14(9-12)23-3/h4-9,11H,10H2,1-3H3,(H,18,20)(H,19,21). The fourth-order valence-electron chi connectivity index (χ4n) is 2.07. The van der Waals surface area contributed by atoms with Crippen LogP contribution in [0.4, 0.5) is 0 Å². The van der Waals surface area contributed by atoms with Gasteiger partial charge in [-0.25, -0.2) is 0 Å². The van der Waals surface area contributed by atoms with Crippen LogP contribution < -0.4 is 20.1 Å². The van der Waals surface area contributed by atoms with Crippen molar-refractivity contribution in [1.82, 2.24) is 10.6 Å². The number of amides is 2. The molecule has 2 N–H and O–H groups in total. The number of nitrogens with one attached hydrogen (secondary N) is 2. The van der Waals surface area contributed by atoms with Gasteiger partial charge in [-0.1, -0.05) is 12.1 Å². The Hall–Kier alpha value is -2.54. The minimum absolute atomic E-state index is 0.251. The van der Waals surface area contributed by atoms with E-state index in [9.17, 15) is 9.59 Å². The van der Waals surface area contributed by atoms with E-state index in [1.807, 2.05) is 11.4 Å². The summed E-state index contributed by atoms with van der Waals surface area (Å²) >= 11 is 1.33. The summed E-state index contributed by atoms with van der Waals surface area (Å²) in [6.07, 6.45) is 0. The van der Waals surface area contributed by atoms with E-state index in [0.29, 0.717) is 22.9 Å². The topological polar surface area (TPSA) is 76.7 Å². The average molecular weight is 348 g/mol. The molecule has 6 nitrogen and oxygen atoms in total. The molecule has 1 aromatic carbocycles. The number of thiophene rings is 1. The first-order chi connectivity index (χ1) is 11.5. The number of carbonyl (C=O) groups is 2. The highest BCUT2D eigenvalue weighted by atomic mass is 32.1. The predicted molar refractivity (Wildman–Crippen MR) is 92.6 cm³/mol. The third-order valence-corrected chi connectivity index (χ3v) is 4.27. The Morgan fingerprint density at radius 2 is 1.92 bits per heavy atom. The Kier molecular flexibility index (Phi) is 6.20. The van der Waals surface area contributed by atoms with E-state index in [4.69, 9.17) is 9.47 Å². The molecule has 0 aliphatic heterocycles. The van der Waals surface area contributed by atoms with Crippen molar-refractivity contribution in [3.8, 4) is 11.5 Å². The summed E-state index contributed by atoms with van der Waals surface area (Å²) in [5.41, 5.74) is 0.873. The van der Waals surface area contributed by atoms with E-state index in [1.165, 1.54) is 11.3 Å². The lowest BCUT2D eigenvalue weighted by Crippen LogP contribution is -2.44. The number of ether oxygens (including phenoxy) is 2. The van der Waals surface area contributed by atoms with Crippen molar-refractivity contribution in [1.29, 1.82) is 0 Å². The first-order valence-electron chi connectivity index (χ1n) is 7.38. The van der Waals surface area contributed by atoms with Gasteiger partial charge in [0.2, 0.25) is 5.91 Å². The second-order valence-corrected chi connectivity index (χ2v) is 6.03. The number of hydrogen-bond donors (Lipinski definition) is 2. The van der Waals surface area contributed by atoms with Crippen LogP contribution in [0.25, 0.3) is 0 Å². The molecule has 0 saturated carbocycles. The number of rotatable bonds is 7. The van der Waals surface area contributed by atoms with Gasteiger partial charge in [-0.15, -0.1) is 11.3 Å². The average Bonchev–Trinajstić information content (AvgIpc) is 3.13. The molecule has 0 aliphatic carbocycles. The first kappa shape index (κ1) is 17.8. The van der Waals surface area contributed by atoms with Crippen LogP contribution in [0.15, 0.2) is 35.7 Å². The van der Waals surface area contributed by atoms with Crippen molar-refractivity contribution in [2.24, 2.45) is 0 Å². The molecule has 24 heavy (non-hydrogen) atoms. The van der Waals surface area contributed by atoms with Crippen molar-refractivity contribution in [3.05, 3.63) is 46.2 Å². The number of methoxy groups -OCH3 is 2. The molecule has 1 aromatic heterocycles. The molecule has 128 valence electrons. The Balaban J connectivity index is 1.89. The molecule has 2 rings (SSSR count). The molecule has 1 unspecified atom stereocenters. The zero-order valence-corrected chi connectivity index (χ0v) is 14.6. The third kappa shape index (κ3) is 4.48. The van der Waals surface area contributed by atoms with Crippen LogP contribution in [0.5, 0.6) is 11.5 Å². The van der Waals surface area contributed by atoms with Crippen molar-refractivity contribution < 1.29 is 19.1 Å². The van der Waals surface area contributed by atoms with E-state index >= 15 is 0 Å². The highest BCUT2D eigenvalue weighted by Gasteiger charge is 2.17. The van der Waals surface area contributed by atoms with Gasteiger partial charge in [-0.05, 0) is 36.1 Å². The molecule has 2 amide bonds. The largest absolute Gasteiger partial charge is 0.493 e. The molecule has 0 saturated heterocycles. The van der Waals surface area contributed by atoms with Gasteiger partial charge in [-0.2, -0.15) is 0 Å². The van der Waals surface area contributed by atoms with Crippen LogP contribution in [0.1, 0.15) is 22.2 Å². The summed E-state index contributed by atoms with van der Waals surface area (Å²) in [6, 6.07) is 8.31. The Morgan fingerprint density at radius 3 is 2.54 bits per heavy atom. The fraction of sp³-hybridized carbons (Fsp3) is 0.294. The Bertz CT molecular complexity index is 701. The summed E-state index contributed by atoms with van der Waals surface area (Å²) in [7, 11) is 3.12. The van der Waals surface area contributed by atoms with Gasteiger partial charge in [0.25, 0.3) is 5.91 Å². The quantitative estimate of drug-likeness (QED) is 0.804. The maximum atomic E-state index is 12.1. The van der Waals surface area contributed by atoms with Gasteiger partial charge in [0.15, 0.2) is 11.5 Å². The predicted octanol–water partition coefficient (Wildman–Crippen LogP) is 2.20. The second-order valence-electron chi connectivity index (χ2n) is 5.08.